The average molecular weight is 921 g/mol. The van der Waals surface area contributed by atoms with Crippen molar-refractivity contribution in [1.82, 2.24) is 54.7 Å². The minimum absolute atomic E-state index is 0.00759. The third-order valence-corrected chi connectivity index (χ3v) is 14.4. The number of urea groups is 1. The van der Waals surface area contributed by atoms with Crippen LogP contribution in [0, 0.1) is 0 Å². The van der Waals surface area contributed by atoms with Crippen LogP contribution >= 0.6 is 0 Å². The number of hydrogen-bond acceptors (Lipinski definition) is 11. The Bertz CT molecular complexity index is 2670. The molecule has 352 valence electrons. The smallest absolute Gasteiger partial charge is 0.317 e. The second-order valence-corrected chi connectivity index (χ2v) is 18.4. The molecule has 0 bridgehead atoms. The number of nitrogens with zero attached hydrogens (tertiary/aromatic N) is 10. The maximum atomic E-state index is 14.8. The summed E-state index contributed by atoms with van der Waals surface area (Å²) in [5, 5.41) is 14.5. The Morgan fingerprint density at radius 1 is 0.881 bits per heavy atom. The quantitative estimate of drug-likeness (QED) is 0.235. The van der Waals surface area contributed by atoms with Crippen LogP contribution in [0.4, 0.5) is 25.1 Å². The lowest BCUT2D eigenvalue weighted by Gasteiger charge is -2.37. The normalized spacial score (nSPS) is 20.6. The van der Waals surface area contributed by atoms with Crippen molar-refractivity contribution in [2.45, 2.75) is 76.5 Å². The van der Waals surface area contributed by atoms with E-state index < -0.39 is 36.1 Å². The lowest BCUT2D eigenvalue weighted by atomic mass is 9.92. The molecule has 2 aromatic heterocycles. The van der Waals surface area contributed by atoms with Gasteiger partial charge in [-0.3, -0.25) is 53.4 Å². The van der Waals surface area contributed by atoms with Crippen molar-refractivity contribution in [2.75, 3.05) is 70.9 Å². The van der Waals surface area contributed by atoms with E-state index in [1.165, 1.54) is 0 Å². The maximum Gasteiger partial charge on any atom is 0.317 e. The summed E-state index contributed by atoms with van der Waals surface area (Å²) in [5.74, 6) is -1.37. The van der Waals surface area contributed by atoms with Gasteiger partial charge in [-0.05, 0) is 67.0 Å². The second kappa shape index (κ2) is 17.9. The van der Waals surface area contributed by atoms with E-state index >= 15 is 0 Å². The molecular weight excluding hydrogens is 867 g/mol. The van der Waals surface area contributed by atoms with E-state index in [0.29, 0.717) is 118 Å². The number of aromatic nitrogens is 4. The second-order valence-electron chi connectivity index (χ2n) is 18.4. The Balaban J connectivity index is 0.791. The Morgan fingerprint density at radius 3 is 2.37 bits per heavy atom. The number of amides is 7. The minimum atomic E-state index is -2.71. The number of likely N-dealkylation sites (tertiary alicyclic amines) is 1. The van der Waals surface area contributed by atoms with Crippen molar-refractivity contribution in [3.8, 4) is 11.1 Å². The van der Waals surface area contributed by atoms with Gasteiger partial charge in [0.2, 0.25) is 17.7 Å². The van der Waals surface area contributed by atoms with E-state index in [1.807, 2.05) is 17.0 Å². The fourth-order valence-electron chi connectivity index (χ4n) is 10.9. The van der Waals surface area contributed by atoms with Crippen LogP contribution in [0.1, 0.15) is 93.2 Å². The molecule has 8 heterocycles. The van der Waals surface area contributed by atoms with Crippen molar-refractivity contribution in [3.63, 3.8) is 0 Å². The highest BCUT2D eigenvalue weighted by Crippen LogP contribution is 2.44. The molecule has 7 amide bonds. The number of aryl methyl sites for hydroxylation is 2. The van der Waals surface area contributed by atoms with Crippen LogP contribution in [0.25, 0.3) is 11.1 Å². The molecule has 3 saturated heterocycles. The Hall–Kier alpha value is -6.54. The molecule has 0 aliphatic carbocycles. The molecule has 1 atom stereocenters. The Labute approximate surface area is 385 Å². The number of piperidine rings is 2. The first kappa shape index (κ1) is 44.3. The van der Waals surface area contributed by atoms with Crippen molar-refractivity contribution in [1.29, 1.82) is 0 Å². The van der Waals surface area contributed by atoms with E-state index in [4.69, 9.17) is 5.10 Å². The van der Waals surface area contributed by atoms with Crippen molar-refractivity contribution in [3.05, 3.63) is 81.8 Å². The summed E-state index contributed by atoms with van der Waals surface area (Å²) in [6.07, 6.45) is 4.30. The summed E-state index contributed by atoms with van der Waals surface area (Å²) in [6.45, 7) is 5.85. The highest BCUT2D eigenvalue weighted by Gasteiger charge is 2.46. The Kier molecular flexibility index (Phi) is 11.9. The molecule has 2 aromatic carbocycles. The molecule has 20 heteroatoms. The standard InChI is InChI=1S/C47H54F2N12O6/c1-50-47(67)58-16-12-36-35(26-58)43(59-13-4-6-28-21-33(30-23-51-54(2)24-30)34(42(48)49)22-38(28)59)53-61(36)31-10-14-57(15-11-31)40(63)27-56-19-17-55(18-20-56)25-29-5-3-7-32-41(29)46(66)60(45(32)65)37-8-9-39(62)52-44(37)64/h3,5,7,21-24,31,37,42H,4,6,8-20,25-27H2,1-2H3,(H,50,67)(H,52,62,64). The average Bonchev–Trinajstić information content (AvgIpc) is 4.01. The molecule has 0 spiro atoms. The molecule has 67 heavy (non-hydrogen) atoms. The number of alkyl halides is 2. The minimum Gasteiger partial charge on any atom is -0.341 e. The van der Waals surface area contributed by atoms with Gasteiger partial charge in [0.05, 0.1) is 36.5 Å². The lowest BCUT2D eigenvalue weighted by molar-refractivity contribution is -0.136. The molecule has 4 aromatic rings. The van der Waals surface area contributed by atoms with Crippen molar-refractivity contribution in [2.24, 2.45) is 7.05 Å². The third-order valence-electron chi connectivity index (χ3n) is 14.4. The first-order chi connectivity index (χ1) is 32.4. The molecule has 10 rings (SSSR count). The number of benzene rings is 2. The summed E-state index contributed by atoms with van der Waals surface area (Å²) >= 11 is 0. The fourth-order valence-corrected chi connectivity index (χ4v) is 10.9. The van der Waals surface area contributed by atoms with Crippen molar-refractivity contribution >= 4 is 47.1 Å². The molecule has 1 unspecified atom stereocenters. The van der Waals surface area contributed by atoms with Crippen LogP contribution in [0.2, 0.25) is 0 Å². The number of carbonyl (C=O) groups excluding carboxylic acids is 6. The van der Waals surface area contributed by atoms with Gasteiger partial charge in [0.1, 0.15) is 6.04 Å². The SMILES string of the molecule is CNC(=O)N1CCc2c(c(N3CCCc4cc(-c5cnn(C)c5)c(C(F)F)cc43)nn2C2CCN(C(=O)CN3CCN(Cc4cccc5c4C(=O)N(C4CCC(=O)NC4=O)C5=O)CC3)CC2)C1. The van der Waals surface area contributed by atoms with Crippen LogP contribution in [0.3, 0.4) is 0 Å². The Morgan fingerprint density at radius 2 is 1.66 bits per heavy atom. The van der Waals surface area contributed by atoms with Gasteiger partial charge in [0.25, 0.3) is 18.2 Å². The molecule has 18 nitrogen and oxygen atoms in total. The maximum absolute atomic E-state index is 14.8. The number of anilines is 2. The number of carbonyl (C=O) groups is 6. The number of imide groups is 2. The summed E-state index contributed by atoms with van der Waals surface area (Å²) < 4.78 is 33.2. The van der Waals surface area contributed by atoms with E-state index in [2.05, 4.69) is 35.1 Å². The predicted molar refractivity (Wildman–Crippen MR) is 239 cm³/mol. The van der Waals surface area contributed by atoms with E-state index in [1.54, 1.807) is 54.3 Å². The van der Waals surface area contributed by atoms with Gasteiger partial charge in [0.15, 0.2) is 5.82 Å². The highest BCUT2D eigenvalue weighted by atomic mass is 19.3. The van der Waals surface area contributed by atoms with Gasteiger partial charge < -0.3 is 20.0 Å². The lowest BCUT2D eigenvalue weighted by Crippen LogP contribution is -2.54. The molecule has 3 fully saturated rings. The largest absolute Gasteiger partial charge is 0.341 e. The molecule has 0 radical (unpaired) electrons. The zero-order valence-electron chi connectivity index (χ0n) is 37.7. The van der Waals surface area contributed by atoms with Crippen molar-refractivity contribution < 1.29 is 37.5 Å². The summed E-state index contributed by atoms with van der Waals surface area (Å²) in [6, 6.07) is 7.44. The van der Waals surface area contributed by atoms with E-state index in [0.717, 1.165) is 34.6 Å². The van der Waals surface area contributed by atoms with Crippen LogP contribution in [0.5, 0.6) is 0 Å². The van der Waals surface area contributed by atoms with Gasteiger partial charge in [-0.25, -0.2) is 13.6 Å². The number of nitrogens with one attached hydrogen (secondary N) is 2. The van der Waals surface area contributed by atoms with Crippen LogP contribution in [-0.4, -0.2) is 152 Å². The number of hydrogen-bond donors (Lipinski definition) is 2. The first-order valence-electron chi connectivity index (χ1n) is 23.2. The molecule has 2 N–H and O–H groups in total. The monoisotopic (exact) mass is 920 g/mol. The van der Waals surface area contributed by atoms with E-state index in [9.17, 15) is 37.5 Å². The van der Waals surface area contributed by atoms with Gasteiger partial charge in [-0.15, -0.1) is 0 Å². The predicted octanol–water partition coefficient (Wildman–Crippen LogP) is 3.39. The first-order valence-corrected chi connectivity index (χ1v) is 23.2. The van der Waals surface area contributed by atoms with Gasteiger partial charge in [-0.2, -0.15) is 10.2 Å². The van der Waals surface area contributed by atoms with Crippen LogP contribution in [0.15, 0.2) is 42.7 Å². The molecular formula is C47H54F2N12O6. The number of fused-ring (bicyclic) bond motifs is 3. The topological polar surface area (TPSA) is 182 Å². The zero-order valence-corrected chi connectivity index (χ0v) is 37.7. The highest BCUT2D eigenvalue weighted by molar-refractivity contribution is 6.24. The number of piperazine rings is 1. The number of halogens is 2. The summed E-state index contributed by atoms with van der Waals surface area (Å²) in [7, 11) is 3.37. The molecule has 6 aliphatic rings. The van der Waals surface area contributed by atoms with Gasteiger partial charge >= 0.3 is 6.03 Å². The summed E-state index contributed by atoms with van der Waals surface area (Å²) in [4.78, 5) is 89.1. The van der Waals surface area contributed by atoms with Gasteiger partial charge in [0, 0.05) is 120 Å². The fraction of sp³-hybridized carbons (Fsp3) is 0.489. The van der Waals surface area contributed by atoms with Crippen LogP contribution in [-0.2, 0) is 47.4 Å². The zero-order chi connectivity index (χ0) is 46.7. The van der Waals surface area contributed by atoms with E-state index in [-0.39, 0.29) is 48.5 Å². The third kappa shape index (κ3) is 8.23. The summed E-state index contributed by atoms with van der Waals surface area (Å²) in [5.41, 5.74) is 5.91. The molecule has 0 saturated carbocycles. The number of rotatable bonds is 9. The van der Waals surface area contributed by atoms with Crippen LogP contribution < -0.4 is 15.5 Å². The molecule has 6 aliphatic heterocycles. The van der Waals surface area contributed by atoms with Gasteiger partial charge in [-0.1, -0.05) is 12.1 Å².